The van der Waals surface area contributed by atoms with Gasteiger partial charge in [0, 0.05) is 16.6 Å². The van der Waals surface area contributed by atoms with Crippen molar-refractivity contribution in [1.29, 1.82) is 0 Å². The van der Waals surface area contributed by atoms with E-state index in [0.717, 1.165) is 0 Å². The van der Waals surface area contributed by atoms with E-state index in [1.165, 1.54) is 31.2 Å². The molecular formula is C25H22F3NO5. The number of nitrogens with zero attached hydrogens (tertiary/aromatic N) is 1. The van der Waals surface area contributed by atoms with E-state index in [2.05, 4.69) is 0 Å². The monoisotopic (exact) mass is 473 g/mol. The molecule has 0 aromatic heterocycles. The quantitative estimate of drug-likeness (QED) is 0.332. The smallest absolute Gasteiger partial charge is 0.471 e. The van der Waals surface area contributed by atoms with Gasteiger partial charge in [-0.3, -0.25) is 9.59 Å². The van der Waals surface area contributed by atoms with E-state index in [0.29, 0.717) is 27.0 Å². The van der Waals surface area contributed by atoms with Gasteiger partial charge in [-0.1, -0.05) is 24.3 Å². The molecule has 0 aliphatic rings. The van der Waals surface area contributed by atoms with Crippen LogP contribution in [0.1, 0.15) is 34.6 Å². The Hall–Kier alpha value is -3.88. The van der Waals surface area contributed by atoms with Crippen LogP contribution in [0, 0.1) is 0 Å². The highest BCUT2D eigenvalue weighted by Gasteiger charge is 2.43. The maximum Gasteiger partial charge on any atom is 0.471 e. The summed E-state index contributed by atoms with van der Waals surface area (Å²) >= 11 is 0. The van der Waals surface area contributed by atoms with Gasteiger partial charge in [-0.25, -0.2) is 4.79 Å². The third-order valence-corrected chi connectivity index (χ3v) is 5.01. The molecule has 0 atom stereocenters. The van der Waals surface area contributed by atoms with Crippen LogP contribution >= 0.6 is 0 Å². The number of carbonyl (C=O) groups is 3. The lowest BCUT2D eigenvalue weighted by Gasteiger charge is -2.24. The van der Waals surface area contributed by atoms with Crippen molar-refractivity contribution in [1.82, 2.24) is 0 Å². The van der Waals surface area contributed by atoms with Crippen LogP contribution in [-0.4, -0.2) is 43.6 Å². The van der Waals surface area contributed by atoms with Crippen molar-refractivity contribution in [2.75, 3.05) is 24.7 Å². The first kappa shape index (κ1) is 24.8. The number of hydrogen-bond donors (Lipinski definition) is 0. The van der Waals surface area contributed by atoms with Crippen LogP contribution in [0.4, 0.5) is 18.9 Å². The molecule has 0 fully saturated rings. The Bertz CT molecular complexity index is 1210. The maximum atomic E-state index is 13.2. The predicted molar refractivity (Wildman–Crippen MR) is 120 cm³/mol. The third kappa shape index (κ3) is 5.54. The van der Waals surface area contributed by atoms with Gasteiger partial charge in [0.15, 0.2) is 5.78 Å². The van der Waals surface area contributed by atoms with Gasteiger partial charge < -0.3 is 14.4 Å². The molecule has 6 nitrogen and oxygen atoms in total. The minimum Gasteiger partial charge on any atom is -0.491 e. The first-order valence-electron chi connectivity index (χ1n) is 10.4. The Morgan fingerprint density at radius 1 is 0.912 bits per heavy atom. The summed E-state index contributed by atoms with van der Waals surface area (Å²) in [5.41, 5.74) is 0.604. The largest absolute Gasteiger partial charge is 0.491 e. The normalized spacial score (nSPS) is 11.2. The second kappa shape index (κ2) is 10.4. The van der Waals surface area contributed by atoms with E-state index in [9.17, 15) is 27.6 Å². The molecule has 3 aromatic rings. The van der Waals surface area contributed by atoms with Gasteiger partial charge in [-0.2, -0.15) is 13.2 Å². The lowest BCUT2D eigenvalue weighted by molar-refractivity contribution is -0.170. The Balaban J connectivity index is 1.82. The maximum absolute atomic E-state index is 13.2. The van der Waals surface area contributed by atoms with Crippen molar-refractivity contribution in [3.05, 3.63) is 71.8 Å². The summed E-state index contributed by atoms with van der Waals surface area (Å²) in [7, 11) is 0. The standard InChI is InChI=1S/C25H22F3NO5/c1-3-33-23(31)17-8-10-18(11-9-17)29(24(32)25(26,27)28)14-15-34-22-13-12-19(16(2)30)20-6-4-5-7-21(20)22/h4-13H,3,14-15H2,1-2H3. The second-order valence-corrected chi connectivity index (χ2v) is 7.28. The summed E-state index contributed by atoms with van der Waals surface area (Å²) in [4.78, 5) is 36.3. The topological polar surface area (TPSA) is 72.9 Å². The molecule has 3 aromatic carbocycles. The van der Waals surface area contributed by atoms with Crippen LogP contribution in [0.15, 0.2) is 60.7 Å². The van der Waals surface area contributed by atoms with E-state index < -0.39 is 24.6 Å². The molecule has 0 radical (unpaired) electrons. The number of Topliss-reactive ketones (excluding diaryl/α,β-unsaturated/α-hetero) is 1. The van der Waals surface area contributed by atoms with Gasteiger partial charge >= 0.3 is 18.1 Å². The van der Waals surface area contributed by atoms with Crippen LogP contribution in [0.5, 0.6) is 5.75 Å². The molecule has 0 unspecified atom stereocenters. The molecule has 34 heavy (non-hydrogen) atoms. The van der Waals surface area contributed by atoms with Gasteiger partial charge in [-0.15, -0.1) is 0 Å². The summed E-state index contributed by atoms with van der Waals surface area (Å²) in [6.07, 6.45) is -5.10. The van der Waals surface area contributed by atoms with Crippen LogP contribution in [0.25, 0.3) is 10.8 Å². The molecule has 0 saturated heterocycles. The molecule has 0 spiro atoms. The Morgan fingerprint density at radius 3 is 2.15 bits per heavy atom. The first-order valence-corrected chi connectivity index (χ1v) is 10.4. The number of ketones is 1. The second-order valence-electron chi connectivity index (χ2n) is 7.28. The first-order chi connectivity index (χ1) is 16.1. The molecule has 0 aliphatic heterocycles. The number of benzene rings is 3. The number of alkyl halides is 3. The zero-order valence-electron chi connectivity index (χ0n) is 18.5. The van der Waals surface area contributed by atoms with Gasteiger partial charge in [-0.05, 0) is 55.6 Å². The highest BCUT2D eigenvalue weighted by atomic mass is 19.4. The van der Waals surface area contributed by atoms with Gasteiger partial charge in [0.2, 0.25) is 0 Å². The molecular weight excluding hydrogens is 451 g/mol. The SMILES string of the molecule is CCOC(=O)c1ccc(N(CCOc2ccc(C(C)=O)c3ccccc23)C(=O)C(F)(F)F)cc1. The van der Waals surface area contributed by atoms with Crippen LogP contribution in [0.2, 0.25) is 0 Å². The van der Waals surface area contributed by atoms with Crippen LogP contribution in [0.3, 0.4) is 0 Å². The number of carbonyl (C=O) groups excluding carboxylic acids is 3. The molecule has 0 bridgehead atoms. The number of halogens is 3. The van der Waals surface area contributed by atoms with Crippen molar-refractivity contribution in [3.8, 4) is 5.75 Å². The van der Waals surface area contributed by atoms with Crippen molar-refractivity contribution in [2.24, 2.45) is 0 Å². The molecule has 0 N–H and O–H groups in total. The van der Waals surface area contributed by atoms with Crippen molar-refractivity contribution >= 4 is 34.1 Å². The number of esters is 1. The zero-order valence-corrected chi connectivity index (χ0v) is 18.5. The number of rotatable bonds is 8. The molecule has 0 heterocycles. The lowest BCUT2D eigenvalue weighted by atomic mass is 10.0. The Morgan fingerprint density at radius 2 is 1.56 bits per heavy atom. The molecule has 0 aliphatic carbocycles. The highest BCUT2D eigenvalue weighted by molar-refractivity contribution is 6.08. The summed E-state index contributed by atoms with van der Waals surface area (Å²) in [5.74, 6) is -2.43. The van der Waals surface area contributed by atoms with Crippen molar-refractivity contribution < 1.29 is 37.0 Å². The number of anilines is 1. The average molecular weight is 473 g/mol. The summed E-state index contributed by atoms with van der Waals surface area (Å²) < 4.78 is 50.3. The average Bonchev–Trinajstić information content (AvgIpc) is 2.81. The van der Waals surface area contributed by atoms with E-state index in [1.54, 1.807) is 43.3 Å². The van der Waals surface area contributed by atoms with Gasteiger partial charge in [0.05, 0.1) is 18.7 Å². The predicted octanol–water partition coefficient (Wildman–Crippen LogP) is 5.19. The van der Waals surface area contributed by atoms with Crippen LogP contribution < -0.4 is 9.64 Å². The molecule has 9 heteroatoms. The summed E-state index contributed by atoms with van der Waals surface area (Å²) in [6.45, 7) is 2.58. The number of fused-ring (bicyclic) bond motifs is 1. The summed E-state index contributed by atoms with van der Waals surface area (Å²) in [6, 6.07) is 15.2. The third-order valence-electron chi connectivity index (χ3n) is 5.01. The number of hydrogen-bond acceptors (Lipinski definition) is 5. The Kier molecular flexibility index (Phi) is 7.55. The highest BCUT2D eigenvalue weighted by Crippen LogP contribution is 2.29. The van der Waals surface area contributed by atoms with E-state index in [1.807, 2.05) is 0 Å². The number of amides is 1. The minimum absolute atomic E-state index is 0.0456. The van der Waals surface area contributed by atoms with Crippen molar-refractivity contribution in [2.45, 2.75) is 20.0 Å². The van der Waals surface area contributed by atoms with Gasteiger partial charge in [0.1, 0.15) is 12.4 Å². The lowest BCUT2D eigenvalue weighted by Crippen LogP contribution is -2.43. The summed E-state index contributed by atoms with van der Waals surface area (Å²) in [5, 5.41) is 1.29. The molecule has 1 amide bonds. The minimum atomic E-state index is -5.10. The zero-order chi connectivity index (χ0) is 24.9. The van der Waals surface area contributed by atoms with E-state index in [4.69, 9.17) is 9.47 Å². The molecule has 3 rings (SSSR count). The van der Waals surface area contributed by atoms with E-state index in [-0.39, 0.29) is 30.2 Å². The van der Waals surface area contributed by atoms with E-state index >= 15 is 0 Å². The Labute approximate surface area is 193 Å². The van der Waals surface area contributed by atoms with Crippen molar-refractivity contribution in [3.63, 3.8) is 0 Å². The number of ether oxygens (including phenoxy) is 2. The van der Waals surface area contributed by atoms with Gasteiger partial charge in [0.25, 0.3) is 0 Å². The molecule has 0 saturated carbocycles. The fourth-order valence-corrected chi connectivity index (χ4v) is 3.44. The molecule has 178 valence electrons. The fourth-order valence-electron chi connectivity index (χ4n) is 3.44. The van der Waals surface area contributed by atoms with Crippen LogP contribution in [-0.2, 0) is 9.53 Å². The fraction of sp³-hybridized carbons (Fsp3) is 0.240.